The van der Waals surface area contributed by atoms with Crippen molar-refractivity contribution in [3.05, 3.63) is 47.7 Å². The number of aromatic nitrogens is 1. The van der Waals surface area contributed by atoms with E-state index in [0.29, 0.717) is 19.4 Å². The van der Waals surface area contributed by atoms with E-state index in [0.717, 1.165) is 23.0 Å². The van der Waals surface area contributed by atoms with Gasteiger partial charge in [-0.2, -0.15) is 0 Å². The number of benzene rings is 1. The topological polar surface area (TPSA) is 46.3 Å². The Labute approximate surface area is 138 Å². The molecular formula is C19H26N2O2. The van der Waals surface area contributed by atoms with Crippen molar-refractivity contribution in [2.24, 2.45) is 0 Å². The lowest BCUT2D eigenvalue weighted by Gasteiger charge is -2.20. The van der Waals surface area contributed by atoms with Crippen molar-refractivity contribution in [1.29, 1.82) is 0 Å². The molecule has 0 fully saturated rings. The molecule has 23 heavy (non-hydrogen) atoms. The molecule has 0 radical (unpaired) electrons. The normalized spacial score (nSPS) is 11.5. The molecule has 2 rings (SSSR count). The van der Waals surface area contributed by atoms with Crippen molar-refractivity contribution in [3.63, 3.8) is 0 Å². The van der Waals surface area contributed by atoms with Crippen molar-refractivity contribution < 1.29 is 9.21 Å². The quantitative estimate of drug-likeness (QED) is 0.828. The van der Waals surface area contributed by atoms with Crippen LogP contribution in [0.2, 0.25) is 0 Å². The van der Waals surface area contributed by atoms with Gasteiger partial charge in [0.15, 0.2) is 5.89 Å². The minimum atomic E-state index is -0.119. The molecule has 0 spiro atoms. The van der Waals surface area contributed by atoms with Crippen LogP contribution in [0.15, 0.2) is 34.7 Å². The van der Waals surface area contributed by atoms with Gasteiger partial charge in [0.2, 0.25) is 5.91 Å². The number of hydrogen-bond acceptors (Lipinski definition) is 3. The van der Waals surface area contributed by atoms with Crippen molar-refractivity contribution in [2.45, 2.75) is 52.9 Å². The number of oxazole rings is 1. The highest BCUT2D eigenvalue weighted by molar-refractivity contribution is 5.93. The largest absolute Gasteiger partial charge is 0.445 e. The second-order valence-electron chi connectivity index (χ2n) is 6.75. The van der Waals surface area contributed by atoms with E-state index in [2.05, 4.69) is 25.8 Å². The van der Waals surface area contributed by atoms with Gasteiger partial charge in [0.25, 0.3) is 0 Å². The van der Waals surface area contributed by atoms with Gasteiger partial charge in [-0.1, -0.05) is 39.0 Å². The summed E-state index contributed by atoms with van der Waals surface area (Å²) in [5.74, 6) is 1.65. The summed E-state index contributed by atoms with van der Waals surface area (Å²) in [4.78, 5) is 18.8. The van der Waals surface area contributed by atoms with Crippen LogP contribution in [-0.4, -0.2) is 17.4 Å². The fourth-order valence-electron chi connectivity index (χ4n) is 2.45. The van der Waals surface area contributed by atoms with E-state index >= 15 is 0 Å². The van der Waals surface area contributed by atoms with Gasteiger partial charge in [-0.3, -0.25) is 4.79 Å². The van der Waals surface area contributed by atoms with E-state index in [1.807, 2.05) is 44.2 Å². The number of carbonyl (C=O) groups is 1. The summed E-state index contributed by atoms with van der Waals surface area (Å²) in [7, 11) is 0. The number of amides is 1. The van der Waals surface area contributed by atoms with Gasteiger partial charge in [0, 0.05) is 30.5 Å². The molecule has 4 nitrogen and oxygen atoms in total. The summed E-state index contributed by atoms with van der Waals surface area (Å²) in [5, 5.41) is 0. The summed E-state index contributed by atoms with van der Waals surface area (Å²) in [6.45, 7) is 10.8. The molecule has 2 aromatic rings. The van der Waals surface area contributed by atoms with Crippen molar-refractivity contribution in [3.8, 4) is 0 Å². The SMILES string of the molecule is CCN(C(=O)CCc1oc(C(C)(C)C)nc1C)c1ccccc1. The molecule has 0 saturated heterocycles. The molecule has 1 aromatic carbocycles. The molecule has 0 aliphatic heterocycles. The van der Waals surface area contributed by atoms with Crippen LogP contribution in [0.25, 0.3) is 0 Å². The summed E-state index contributed by atoms with van der Waals surface area (Å²) in [6.07, 6.45) is 0.999. The van der Waals surface area contributed by atoms with Gasteiger partial charge in [-0.05, 0) is 26.0 Å². The number of anilines is 1. The van der Waals surface area contributed by atoms with Crippen LogP contribution < -0.4 is 4.90 Å². The van der Waals surface area contributed by atoms with Gasteiger partial charge in [-0.25, -0.2) is 4.98 Å². The third kappa shape index (κ3) is 4.21. The van der Waals surface area contributed by atoms with Crippen molar-refractivity contribution in [1.82, 2.24) is 4.98 Å². The zero-order chi connectivity index (χ0) is 17.0. The average molecular weight is 314 g/mol. The van der Waals surface area contributed by atoms with E-state index in [-0.39, 0.29) is 11.3 Å². The number of rotatable bonds is 5. The van der Waals surface area contributed by atoms with Gasteiger partial charge in [0.05, 0.1) is 5.69 Å². The minimum absolute atomic E-state index is 0.104. The number of aryl methyl sites for hydroxylation is 2. The lowest BCUT2D eigenvalue weighted by Crippen LogP contribution is -2.30. The maximum absolute atomic E-state index is 12.5. The Morgan fingerprint density at radius 1 is 1.22 bits per heavy atom. The van der Waals surface area contributed by atoms with E-state index in [1.165, 1.54) is 0 Å². The molecular weight excluding hydrogens is 288 g/mol. The van der Waals surface area contributed by atoms with E-state index in [1.54, 1.807) is 4.90 Å². The van der Waals surface area contributed by atoms with Crippen LogP contribution in [0.4, 0.5) is 5.69 Å². The molecule has 0 aliphatic carbocycles. The van der Waals surface area contributed by atoms with Crippen LogP contribution in [0, 0.1) is 6.92 Å². The van der Waals surface area contributed by atoms with Gasteiger partial charge in [-0.15, -0.1) is 0 Å². The molecule has 0 aliphatic rings. The standard InChI is InChI=1S/C19H26N2O2/c1-6-21(15-10-8-7-9-11-15)17(22)13-12-16-14(2)20-18(23-16)19(3,4)5/h7-11H,6,12-13H2,1-5H3. The summed E-state index contributed by atoms with van der Waals surface area (Å²) >= 11 is 0. The summed E-state index contributed by atoms with van der Waals surface area (Å²) < 4.78 is 5.87. The van der Waals surface area contributed by atoms with Gasteiger partial charge >= 0.3 is 0 Å². The lowest BCUT2D eigenvalue weighted by atomic mass is 9.97. The fraction of sp³-hybridized carbons (Fsp3) is 0.474. The third-order valence-corrected chi connectivity index (χ3v) is 3.79. The molecule has 0 N–H and O–H groups in total. The van der Waals surface area contributed by atoms with Crippen molar-refractivity contribution >= 4 is 11.6 Å². The van der Waals surface area contributed by atoms with Crippen LogP contribution in [0.5, 0.6) is 0 Å². The van der Waals surface area contributed by atoms with Crippen molar-refractivity contribution in [2.75, 3.05) is 11.4 Å². The van der Waals surface area contributed by atoms with Crippen LogP contribution >= 0.6 is 0 Å². The number of carbonyl (C=O) groups excluding carboxylic acids is 1. The molecule has 1 aromatic heterocycles. The second kappa shape index (κ2) is 6.99. The first-order chi connectivity index (χ1) is 10.8. The highest BCUT2D eigenvalue weighted by Gasteiger charge is 2.23. The molecule has 0 saturated carbocycles. The zero-order valence-corrected chi connectivity index (χ0v) is 14.7. The molecule has 1 heterocycles. The number of para-hydroxylation sites is 1. The maximum atomic E-state index is 12.5. The lowest BCUT2D eigenvalue weighted by molar-refractivity contribution is -0.118. The second-order valence-corrected chi connectivity index (χ2v) is 6.75. The zero-order valence-electron chi connectivity index (χ0n) is 14.7. The van der Waals surface area contributed by atoms with Crippen LogP contribution in [0.3, 0.4) is 0 Å². The molecule has 1 amide bonds. The van der Waals surface area contributed by atoms with Gasteiger partial charge < -0.3 is 9.32 Å². The van der Waals surface area contributed by atoms with E-state index < -0.39 is 0 Å². The van der Waals surface area contributed by atoms with E-state index in [9.17, 15) is 4.79 Å². The smallest absolute Gasteiger partial charge is 0.227 e. The molecule has 0 unspecified atom stereocenters. The summed E-state index contributed by atoms with van der Waals surface area (Å²) in [5.41, 5.74) is 1.70. The first-order valence-electron chi connectivity index (χ1n) is 8.15. The maximum Gasteiger partial charge on any atom is 0.227 e. The van der Waals surface area contributed by atoms with Gasteiger partial charge in [0.1, 0.15) is 5.76 Å². The first kappa shape index (κ1) is 17.3. The fourth-order valence-corrected chi connectivity index (χ4v) is 2.45. The molecule has 124 valence electrons. The minimum Gasteiger partial charge on any atom is -0.445 e. The predicted molar refractivity (Wildman–Crippen MR) is 92.7 cm³/mol. The third-order valence-electron chi connectivity index (χ3n) is 3.79. The number of hydrogen-bond donors (Lipinski definition) is 0. The molecule has 0 bridgehead atoms. The van der Waals surface area contributed by atoms with Crippen LogP contribution in [-0.2, 0) is 16.6 Å². The average Bonchev–Trinajstić information content (AvgIpc) is 2.88. The highest BCUT2D eigenvalue weighted by Crippen LogP contribution is 2.25. The van der Waals surface area contributed by atoms with E-state index in [4.69, 9.17) is 4.42 Å². The Kier molecular flexibility index (Phi) is 5.24. The Hall–Kier alpha value is -2.10. The Morgan fingerprint density at radius 2 is 1.87 bits per heavy atom. The Balaban J connectivity index is 2.05. The predicted octanol–water partition coefficient (Wildman–Crippen LogP) is 4.27. The number of nitrogens with zero attached hydrogens (tertiary/aromatic N) is 2. The Bertz CT molecular complexity index is 654. The monoisotopic (exact) mass is 314 g/mol. The molecule has 4 heteroatoms. The molecule has 0 atom stereocenters. The first-order valence-corrected chi connectivity index (χ1v) is 8.15. The highest BCUT2D eigenvalue weighted by atomic mass is 16.4. The van der Waals surface area contributed by atoms with Crippen LogP contribution in [0.1, 0.15) is 51.5 Å². The Morgan fingerprint density at radius 3 is 2.39 bits per heavy atom. The summed E-state index contributed by atoms with van der Waals surface area (Å²) in [6, 6.07) is 9.76.